The third-order valence-corrected chi connectivity index (χ3v) is 2.65. The van der Waals surface area contributed by atoms with E-state index in [4.69, 9.17) is 10.6 Å². The predicted molar refractivity (Wildman–Crippen MR) is 68.1 cm³/mol. The van der Waals surface area contributed by atoms with Crippen LogP contribution in [-0.4, -0.2) is 4.87 Å². The van der Waals surface area contributed by atoms with Gasteiger partial charge in [-0.2, -0.15) is 5.84 Å². The smallest absolute Gasteiger partial charge is 0.295 e. The highest BCUT2D eigenvalue weighted by molar-refractivity contribution is 9.10. The highest BCUT2D eigenvalue weighted by Gasteiger charge is 2.09. The van der Waals surface area contributed by atoms with E-state index in [-0.39, 0.29) is 0 Å². The molecule has 2 aromatic rings. The van der Waals surface area contributed by atoms with Gasteiger partial charge in [-0.1, -0.05) is 22.0 Å². The normalized spacial score (nSPS) is 9.94. The lowest BCUT2D eigenvalue weighted by molar-refractivity contribution is -0.474. The maximum atomic E-state index is 10.9. The van der Waals surface area contributed by atoms with E-state index >= 15 is 0 Å². The second kappa shape index (κ2) is 4.97. The molecule has 0 unspecified atom stereocenters. The van der Waals surface area contributed by atoms with Crippen molar-refractivity contribution in [1.82, 2.24) is 0 Å². The number of rotatable bonds is 3. The highest BCUT2D eigenvalue weighted by atomic mass is 79.9. The van der Waals surface area contributed by atoms with E-state index < -0.39 is 0 Å². The van der Waals surface area contributed by atoms with Crippen molar-refractivity contribution in [3.05, 3.63) is 57.9 Å². The van der Waals surface area contributed by atoms with Crippen LogP contribution in [-0.2, 0) is 0 Å². The molecule has 0 radical (unpaired) electrons. The van der Waals surface area contributed by atoms with Gasteiger partial charge >= 0.3 is 0 Å². The Balaban J connectivity index is 2.21. The van der Waals surface area contributed by atoms with Gasteiger partial charge in [0.15, 0.2) is 4.87 Å². The van der Waals surface area contributed by atoms with Crippen LogP contribution in [0.4, 0.5) is 5.69 Å². The molecule has 5 heteroatoms. The minimum Gasteiger partial charge on any atom is -0.457 e. The maximum Gasteiger partial charge on any atom is 0.295 e. The van der Waals surface area contributed by atoms with E-state index in [0.29, 0.717) is 22.1 Å². The fourth-order valence-electron chi connectivity index (χ4n) is 1.32. The second-order valence-electron chi connectivity index (χ2n) is 3.38. The first-order valence-corrected chi connectivity index (χ1v) is 5.70. The Bertz CT molecular complexity index is 540. The van der Waals surface area contributed by atoms with Crippen molar-refractivity contribution < 1.29 is 9.61 Å². The lowest BCUT2D eigenvalue weighted by Crippen LogP contribution is -2.08. The molecule has 0 bridgehead atoms. The summed E-state index contributed by atoms with van der Waals surface area (Å²) >= 11 is 3.34. The molecule has 0 aromatic heterocycles. The minimum absolute atomic E-state index is 0.300. The SMILES string of the molecule is N[N+](=O)c1cccc(Oc2ccc(Br)cc2)c1. The zero-order valence-electron chi connectivity index (χ0n) is 8.84. The van der Waals surface area contributed by atoms with E-state index in [1.54, 1.807) is 24.3 Å². The highest BCUT2D eigenvalue weighted by Crippen LogP contribution is 2.25. The van der Waals surface area contributed by atoms with E-state index in [1.807, 2.05) is 24.3 Å². The van der Waals surface area contributed by atoms with Gasteiger partial charge in [0.2, 0.25) is 0 Å². The standard InChI is InChI=1S/C12H10BrN2O2/c13-9-4-6-11(7-5-9)17-12-3-1-2-10(8-12)15(14)16/h1-8H,(H2,14,16)/q+1. The molecule has 2 N–H and O–H groups in total. The van der Waals surface area contributed by atoms with Gasteiger partial charge in [0, 0.05) is 10.5 Å². The van der Waals surface area contributed by atoms with Crippen molar-refractivity contribution in [1.29, 1.82) is 0 Å². The van der Waals surface area contributed by atoms with Gasteiger partial charge < -0.3 is 4.74 Å². The van der Waals surface area contributed by atoms with Gasteiger partial charge in [-0.05, 0) is 30.3 Å². The average molecular weight is 294 g/mol. The second-order valence-corrected chi connectivity index (χ2v) is 4.29. The molecule has 0 fully saturated rings. The van der Waals surface area contributed by atoms with E-state index in [1.165, 1.54) is 0 Å². The predicted octanol–water partition coefficient (Wildman–Crippen LogP) is 3.53. The topological polar surface area (TPSA) is 55.3 Å². The molecular formula is C12H10BrN2O2+. The first kappa shape index (κ1) is 11.6. The third-order valence-electron chi connectivity index (χ3n) is 2.12. The number of nitrogens with zero attached hydrogens (tertiary/aromatic N) is 1. The molecule has 0 aliphatic rings. The summed E-state index contributed by atoms with van der Waals surface area (Å²) < 4.78 is 6.56. The molecule has 0 aliphatic heterocycles. The summed E-state index contributed by atoms with van der Waals surface area (Å²) in [6, 6.07) is 14.1. The Morgan fingerprint density at radius 3 is 2.41 bits per heavy atom. The summed E-state index contributed by atoms with van der Waals surface area (Å²) in [7, 11) is 0. The van der Waals surface area contributed by atoms with E-state index in [0.717, 1.165) is 4.47 Å². The maximum absolute atomic E-state index is 10.9. The van der Waals surface area contributed by atoms with Gasteiger partial charge in [0.1, 0.15) is 11.5 Å². The number of nitrogens with two attached hydrogens (primary N) is 1. The quantitative estimate of drug-likeness (QED) is 0.535. The number of benzene rings is 2. The van der Waals surface area contributed by atoms with Crippen LogP contribution >= 0.6 is 15.9 Å². The summed E-state index contributed by atoms with van der Waals surface area (Å²) in [5.74, 6) is 6.37. The van der Waals surface area contributed by atoms with Gasteiger partial charge in [0.05, 0.1) is 11.0 Å². The van der Waals surface area contributed by atoms with Crippen LogP contribution in [0.3, 0.4) is 0 Å². The lowest BCUT2D eigenvalue weighted by Gasteiger charge is -2.04. The van der Waals surface area contributed by atoms with Crippen LogP contribution < -0.4 is 10.6 Å². The largest absolute Gasteiger partial charge is 0.457 e. The first-order valence-electron chi connectivity index (χ1n) is 4.90. The number of hydrogen-bond acceptors (Lipinski definition) is 2. The minimum atomic E-state index is 0.300. The van der Waals surface area contributed by atoms with Gasteiger partial charge in [0.25, 0.3) is 5.69 Å². The molecule has 0 saturated heterocycles. The van der Waals surface area contributed by atoms with Crippen molar-refractivity contribution in [2.24, 2.45) is 5.84 Å². The molecule has 0 aliphatic carbocycles. The van der Waals surface area contributed by atoms with Crippen LogP contribution in [0.15, 0.2) is 53.0 Å². The first-order chi connectivity index (χ1) is 8.15. The van der Waals surface area contributed by atoms with Crippen LogP contribution in [0.25, 0.3) is 0 Å². The number of hydrogen-bond donors (Lipinski definition) is 1. The molecule has 0 atom stereocenters. The summed E-state index contributed by atoms with van der Waals surface area (Å²) in [4.78, 5) is 11.2. The number of ether oxygens (including phenoxy) is 1. The van der Waals surface area contributed by atoms with Crippen molar-refractivity contribution >= 4 is 21.6 Å². The monoisotopic (exact) mass is 293 g/mol. The average Bonchev–Trinajstić information content (AvgIpc) is 2.32. The van der Waals surface area contributed by atoms with Crippen molar-refractivity contribution in [3.8, 4) is 11.5 Å². The number of halogens is 1. The Morgan fingerprint density at radius 1 is 1.06 bits per heavy atom. The molecule has 4 nitrogen and oxygen atoms in total. The Morgan fingerprint density at radius 2 is 1.76 bits per heavy atom. The van der Waals surface area contributed by atoms with Crippen LogP contribution in [0.5, 0.6) is 11.5 Å². The molecule has 2 rings (SSSR count). The summed E-state index contributed by atoms with van der Waals surface area (Å²) in [5.41, 5.74) is 0.347. The van der Waals surface area contributed by atoms with Crippen molar-refractivity contribution in [2.75, 3.05) is 0 Å². The number of nitroso groups, excluding NO2 is 1. The van der Waals surface area contributed by atoms with Crippen LogP contribution in [0, 0.1) is 4.91 Å². The van der Waals surface area contributed by atoms with Crippen molar-refractivity contribution in [3.63, 3.8) is 0 Å². The zero-order chi connectivity index (χ0) is 12.3. The van der Waals surface area contributed by atoms with Crippen molar-refractivity contribution in [2.45, 2.75) is 0 Å². The van der Waals surface area contributed by atoms with Crippen LogP contribution in [0.2, 0.25) is 0 Å². The molecule has 0 saturated carbocycles. The fraction of sp³-hybridized carbons (Fsp3) is 0. The number of hydrazine groups is 1. The summed E-state index contributed by atoms with van der Waals surface area (Å²) in [6.45, 7) is 0. The summed E-state index contributed by atoms with van der Waals surface area (Å²) in [5, 5.41) is 0. The zero-order valence-corrected chi connectivity index (χ0v) is 10.4. The molecular weight excluding hydrogens is 284 g/mol. The molecule has 0 spiro atoms. The molecule has 0 heterocycles. The van der Waals surface area contributed by atoms with Crippen LogP contribution in [0.1, 0.15) is 0 Å². The van der Waals surface area contributed by atoms with E-state index in [9.17, 15) is 4.91 Å². The molecule has 86 valence electrons. The molecule has 2 aromatic carbocycles. The molecule has 17 heavy (non-hydrogen) atoms. The Labute approximate surface area is 107 Å². The van der Waals surface area contributed by atoms with Gasteiger partial charge in [-0.15, -0.1) is 0 Å². The Hall–Kier alpha value is -1.88. The van der Waals surface area contributed by atoms with E-state index in [2.05, 4.69) is 15.9 Å². The Kier molecular flexibility index (Phi) is 3.39. The van der Waals surface area contributed by atoms with Gasteiger partial charge in [-0.25, -0.2) is 0 Å². The third kappa shape index (κ3) is 3.04. The fourth-order valence-corrected chi connectivity index (χ4v) is 1.59. The van der Waals surface area contributed by atoms with Gasteiger partial charge in [-0.3, -0.25) is 0 Å². The summed E-state index contributed by atoms with van der Waals surface area (Å²) in [6.07, 6.45) is 0. The lowest BCUT2D eigenvalue weighted by atomic mass is 10.3. The molecule has 0 amide bonds.